The van der Waals surface area contributed by atoms with E-state index in [0.717, 1.165) is 30.5 Å². The maximum absolute atomic E-state index is 13.6. The van der Waals surface area contributed by atoms with Gasteiger partial charge in [-0.15, -0.1) is 0 Å². The number of hydrogen-bond donors (Lipinski definition) is 3. The van der Waals surface area contributed by atoms with Gasteiger partial charge in [-0.1, -0.05) is 23.7 Å². The van der Waals surface area contributed by atoms with E-state index >= 15 is 0 Å². The maximum atomic E-state index is 13.6. The number of halogens is 4. The van der Waals surface area contributed by atoms with Crippen molar-refractivity contribution in [3.63, 3.8) is 0 Å². The number of amides is 1. The average Bonchev–Trinajstić information content (AvgIpc) is 3.50. The van der Waals surface area contributed by atoms with Crippen LogP contribution in [-0.2, 0) is 10.2 Å². The van der Waals surface area contributed by atoms with Crippen molar-refractivity contribution in [2.24, 2.45) is 4.99 Å². The van der Waals surface area contributed by atoms with E-state index in [1.165, 1.54) is 0 Å². The van der Waals surface area contributed by atoms with Crippen LogP contribution in [0.15, 0.2) is 41.4 Å². The molecule has 5 nitrogen and oxygen atoms in total. The molecule has 0 bridgehead atoms. The van der Waals surface area contributed by atoms with Crippen molar-refractivity contribution in [3.05, 3.63) is 64.4 Å². The fourth-order valence-electron chi connectivity index (χ4n) is 2.99. The van der Waals surface area contributed by atoms with Crippen molar-refractivity contribution in [1.82, 2.24) is 10.6 Å². The molecule has 29 heavy (non-hydrogen) atoms. The van der Waals surface area contributed by atoms with Crippen LogP contribution in [0.25, 0.3) is 0 Å². The van der Waals surface area contributed by atoms with Crippen molar-refractivity contribution in [1.29, 1.82) is 0 Å². The molecule has 0 radical (unpaired) electrons. The molecule has 2 aromatic carbocycles. The Bertz CT molecular complexity index is 947. The molecular formula is C20H20ClF3N4O. The summed E-state index contributed by atoms with van der Waals surface area (Å²) >= 11 is 6.08. The number of carbonyl (C=O) groups is 1. The number of benzene rings is 2. The minimum atomic E-state index is -1.64. The van der Waals surface area contributed by atoms with Gasteiger partial charge in [0.1, 0.15) is 0 Å². The summed E-state index contributed by atoms with van der Waals surface area (Å²) in [6, 6.07) is 9.40. The number of hydrogen-bond acceptors (Lipinski definition) is 2. The number of carbonyl (C=O) groups excluding carboxylic acids is 1. The number of aliphatic imine (C=N–C) groups is 1. The molecular weight excluding hydrogens is 405 g/mol. The van der Waals surface area contributed by atoms with Crippen molar-refractivity contribution in [2.45, 2.75) is 18.3 Å². The van der Waals surface area contributed by atoms with E-state index in [2.05, 4.69) is 20.9 Å². The minimum absolute atomic E-state index is 0.0282. The van der Waals surface area contributed by atoms with E-state index in [-0.39, 0.29) is 12.0 Å². The zero-order valence-corrected chi connectivity index (χ0v) is 16.4. The van der Waals surface area contributed by atoms with Gasteiger partial charge in [-0.2, -0.15) is 0 Å². The third-order valence-corrected chi connectivity index (χ3v) is 5.07. The Morgan fingerprint density at radius 1 is 1.14 bits per heavy atom. The van der Waals surface area contributed by atoms with Gasteiger partial charge in [0.25, 0.3) is 0 Å². The van der Waals surface area contributed by atoms with Crippen LogP contribution in [0.2, 0.25) is 5.02 Å². The summed E-state index contributed by atoms with van der Waals surface area (Å²) in [5, 5.41) is 8.85. The van der Waals surface area contributed by atoms with E-state index in [1.807, 2.05) is 24.3 Å². The summed E-state index contributed by atoms with van der Waals surface area (Å²) in [5.74, 6) is -4.65. The highest BCUT2D eigenvalue weighted by atomic mass is 35.5. The molecule has 0 heterocycles. The van der Waals surface area contributed by atoms with Crippen LogP contribution in [0, 0.1) is 17.5 Å². The Hall–Kier alpha value is -2.74. The number of rotatable bonds is 6. The van der Waals surface area contributed by atoms with Gasteiger partial charge in [0.05, 0.1) is 12.2 Å². The predicted octanol–water partition coefficient (Wildman–Crippen LogP) is 3.59. The third kappa shape index (κ3) is 5.00. The number of nitrogens with one attached hydrogen (secondary N) is 3. The second-order valence-corrected chi connectivity index (χ2v) is 7.28. The van der Waals surface area contributed by atoms with E-state index in [0.29, 0.717) is 17.5 Å². The lowest BCUT2D eigenvalue weighted by atomic mass is 9.96. The van der Waals surface area contributed by atoms with Gasteiger partial charge in [0.2, 0.25) is 5.91 Å². The SMILES string of the molecule is CN=C(NCC(=O)Nc1ccc(F)c(F)c1F)NCC1(c2cccc(Cl)c2)CC1. The fraction of sp³-hybridized carbons (Fsp3) is 0.300. The van der Waals surface area contributed by atoms with Gasteiger partial charge in [0, 0.05) is 24.0 Å². The first-order chi connectivity index (χ1) is 13.8. The zero-order chi connectivity index (χ0) is 21.0. The van der Waals surface area contributed by atoms with Crippen LogP contribution in [0.4, 0.5) is 18.9 Å². The van der Waals surface area contributed by atoms with E-state index in [1.54, 1.807) is 7.05 Å². The smallest absolute Gasteiger partial charge is 0.243 e. The van der Waals surface area contributed by atoms with Crippen LogP contribution >= 0.6 is 11.6 Å². The first-order valence-electron chi connectivity index (χ1n) is 8.98. The molecule has 3 rings (SSSR count). The van der Waals surface area contributed by atoms with Crippen LogP contribution in [0.1, 0.15) is 18.4 Å². The summed E-state index contributed by atoms with van der Waals surface area (Å²) in [4.78, 5) is 16.1. The Balaban J connectivity index is 1.52. The molecule has 9 heteroatoms. The Labute approximate surface area is 171 Å². The van der Waals surface area contributed by atoms with Gasteiger partial charge in [0.15, 0.2) is 23.4 Å². The van der Waals surface area contributed by atoms with Gasteiger partial charge in [-0.25, -0.2) is 13.2 Å². The highest BCUT2D eigenvalue weighted by Gasteiger charge is 2.44. The second kappa shape index (κ2) is 8.73. The normalized spacial score (nSPS) is 15.0. The standard InChI is InChI=1S/C20H20ClF3N4O/c1-25-19(27-11-20(7-8-20)12-3-2-4-13(21)9-12)26-10-16(29)28-15-6-5-14(22)17(23)18(15)24/h2-6,9H,7-8,10-11H2,1H3,(H,28,29)(H2,25,26,27). The molecule has 0 aliphatic heterocycles. The second-order valence-electron chi connectivity index (χ2n) is 6.84. The maximum Gasteiger partial charge on any atom is 0.243 e. The fourth-order valence-corrected chi connectivity index (χ4v) is 3.18. The summed E-state index contributed by atoms with van der Waals surface area (Å²) in [6.07, 6.45) is 2.01. The van der Waals surface area contributed by atoms with Gasteiger partial charge < -0.3 is 16.0 Å². The molecule has 1 amide bonds. The highest BCUT2D eigenvalue weighted by Crippen LogP contribution is 2.48. The lowest BCUT2D eigenvalue weighted by molar-refractivity contribution is -0.115. The molecule has 3 N–H and O–H groups in total. The summed E-state index contributed by atoms with van der Waals surface area (Å²) in [6.45, 7) is 0.370. The van der Waals surface area contributed by atoms with E-state index < -0.39 is 29.0 Å². The quantitative estimate of drug-likeness (QED) is 0.377. The Morgan fingerprint density at radius 3 is 2.55 bits per heavy atom. The molecule has 1 aliphatic carbocycles. The molecule has 0 unspecified atom stereocenters. The topological polar surface area (TPSA) is 65.5 Å². The van der Waals surface area contributed by atoms with E-state index in [9.17, 15) is 18.0 Å². The van der Waals surface area contributed by atoms with Crippen LogP contribution in [0.5, 0.6) is 0 Å². The molecule has 154 valence electrons. The largest absolute Gasteiger partial charge is 0.356 e. The zero-order valence-electron chi connectivity index (χ0n) is 15.7. The van der Waals surface area contributed by atoms with Crippen molar-refractivity contribution in [2.75, 3.05) is 25.5 Å². The minimum Gasteiger partial charge on any atom is -0.356 e. The molecule has 0 aromatic heterocycles. The Morgan fingerprint density at radius 2 is 1.90 bits per heavy atom. The van der Waals surface area contributed by atoms with Crippen molar-refractivity contribution in [3.8, 4) is 0 Å². The highest BCUT2D eigenvalue weighted by molar-refractivity contribution is 6.30. The Kier molecular flexibility index (Phi) is 6.32. The van der Waals surface area contributed by atoms with Gasteiger partial charge in [-0.05, 0) is 42.7 Å². The van der Waals surface area contributed by atoms with Gasteiger partial charge in [-0.3, -0.25) is 9.79 Å². The van der Waals surface area contributed by atoms with Crippen LogP contribution in [-0.4, -0.2) is 32.0 Å². The first-order valence-corrected chi connectivity index (χ1v) is 9.36. The molecule has 0 spiro atoms. The predicted molar refractivity (Wildman–Crippen MR) is 107 cm³/mol. The van der Waals surface area contributed by atoms with Gasteiger partial charge >= 0.3 is 0 Å². The molecule has 1 aliphatic rings. The van der Waals surface area contributed by atoms with Crippen LogP contribution in [0.3, 0.4) is 0 Å². The number of nitrogens with zero attached hydrogens (tertiary/aromatic N) is 1. The van der Waals surface area contributed by atoms with Crippen molar-refractivity contribution < 1.29 is 18.0 Å². The lowest BCUT2D eigenvalue weighted by Crippen LogP contribution is -2.44. The molecule has 1 saturated carbocycles. The molecule has 2 aromatic rings. The average molecular weight is 425 g/mol. The summed E-state index contributed by atoms with van der Waals surface area (Å²) in [7, 11) is 1.56. The molecule has 1 fully saturated rings. The van der Waals surface area contributed by atoms with E-state index in [4.69, 9.17) is 11.6 Å². The number of anilines is 1. The first kappa shape index (κ1) is 21.0. The lowest BCUT2D eigenvalue weighted by Gasteiger charge is -2.19. The number of guanidine groups is 1. The van der Waals surface area contributed by atoms with Crippen LogP contribution < -0.4 is 16.0 Å². The molecule has 0 saturated heterocycles. The summed E-state index contributed by atoms with van der Waals surface area (Å²) < 4.78 is 39.8. The third-order valence-electron chi connectivity index (χ3n) is 4.83. The monoisotopic (exact) mass is 424 g/mol. The van der Waals surface area contributed by atoms with Crippen molar-refractivity contribution >= 4 is 29.2 Å². The molecule has 0 atom stereocenters. The summed E-state index contributed by atoms with van der Waals surface area (Å²) in [5.41, 5.74) is 0.676.